The van der Waals surface area contributed by atoms with E-state index in [2.05, 4.69) is 49.5 Å². The van der Waals surface area contributed by atoms with Crippen LogP contribution >= 0.6 is 12.6 Å². The molecule has 0 aromatic heterocycles. The number of aliphatic carboxylic acids is 2. The van der Waals surface area contributed by atoms with Gasteiger partial charge in [-0.1, -0.05) is 13.8 Å². The van der Waals surface area contributed by atoms with E-state index in [4.69, 9.17) is 11.5 Å². The monoisotopic (exact) mass is 851 g/mol. The molecule has 26 heteroatoms. The number of nitro benzene ring substituents is 1. The number of amides is 8. The minimum atomic E-state index is -1.95. The summed E-state index contributed by atoms with van der Waals surface area (Å²) in [7, 11) is 0. The van der Waals surface area contributed by atoms with Crippen molar-refractivity contribution in [3.05, 3.63) is 39.9 Å². The summed E-state index contributed by atoms with van der Waals surface area (Å²) in [5.41, 5.74) is 9.96. The molecular weight excluding hydrogens is 806 g/mol. The van der Waals surface area contributed by atoms with Crippen molar-refractivity contribution in [3.63, 3.8) is 0 Å². The van der Waals surface area contributed by atoms with Crippen molar-refractivity contribution >= 4 is 83.5 Å². The van der Waals surface area contributed by atoms with Gasteiger partial charge in [0.1, 0.15) is 36.8 Å². The Kier molecular flexibility index (Phi) is 18.6. The van der Waals surface area contributed by atoms with Crippen LogP contribution in [0, 0.1) is 16.0 Å². The lowest BCUT2D eigenvalue weighted by Crippen LogP contribution is -2.61. The van der Waals surface area contributed by atoms with Crippen molar-refractivity contribution in [1.82, 2.24) is 36.8 Å². The molecule has 0 bridgehead atoms. The molecule has 1 aromatic rings. The molecule has 8 amide bonds. The topological polar surface area (TPSA) is 394 Å². The van der Waals surface area contributed by atoms with Gasteiger partial charge >= 0.3 is 11.9 Å². The fourth-order valence-electron chi connectivity index (χ4n) is 5.29. The van der Waals surface area contributed by atoms with Crippen molar-refractivity contribution in [2.75, 3.05) is 25.4 Å². The molecule has 322 valence electrons. The number of nitrogens with zero attached hydrogens (tertiary/aromatic N) is 3. The minimum absolute atomic E-state index is 0.0430. The zero-order chi connectivity index (χ0) is 44.6. The van der Waals surface area contributed by atoms with Crippen LogP contribution in [-0.2, 0) is 43.2 Å². The quantitative estimate of drug-likeness (QED) is 0.0180. The third-order valence-electron chi connectivity index (χ3n) is 8.24. The van der Waals surface area contributed by atoms with Gasteiger partial charge in [0.15, 0.2) is 5.96 Å². The largest absolute Gasteiger partial charge is 0.481 e. The van der Waals surface area contributed by atoms with Gasteiger partial charge in [0.25, 0.3) is 17.5 Å². The van der Waals surface area contributed by atoms with Gasteiger partial charge in [0.05, 0.1) is 24.3 Å². The van der Waals surface area contributed by atoms with Gasteiger partial charge in [0.2, 0.25) is 35.4 Å². The molecule has 5 atom stereocenters. The summed E-state index contributed by atoms with van der Waals surface area (Å²) < 4.78 is 0. The predicted octanol–water partition coefficient (Wildman–Crippen LogP) is -4.29. The molecule has 0 unspecified atom stereocenters. The molecule has 1 saturated heterocycles. The number of carbonyl (C=O) groups excluding carboxylic acids is 8. The first-order valence-corrected chi connectivity index (χ1v) is 18.3. The van der Waals surface area contributed by atoms with Gasteiger partial charge < -0.3 is 53.6 Å². The molecule has 1 aliphatic rings. The highest BCUT2D eigenvalue weighted by Crippen LogP contribution is 2.15. The Labute approximate surface area is 340 Å². The Morgan fingerprint density at radius 2 is 1.37 bits per heavy atom. The number of carboxylic acids is 2. The van der Waals surface area contributed by atoms with Crippen molar-refractivity contribution in [1.29, 1.82) is 0 Å². The number of non-ortho nitro benzene ring substituents is 1. The number of hydrogen-bond acceptors (Lipinski definition) is 14. The molecule has 0 spiro atoms. The second-order valence-electron chi connectivity index (χ2n) is 13.2. The molecule has 0 radical (unpaired) electrons. The van der Waals surface area contributed by atoms with Gasteiger partial charge in [-0.15, -0.1) is 0 Å². The average molecular weight is 852 g/mol. The van der Waals surface area contributed by atoms with Crippen molar-refractivity contribution in [2.45, 2.75) is 69.7 Å². The molecule has 2 rings (SSSR count). The second kappa shape index (κ2) is 22.8. The average Bonchev–Trinajstić information content (AvgIpc) is 3.16. The van der Waals surface area contributed by atoms with E-state index < -0.39 is 138 Å². The van der Waals surface area contributed by atoms with Crippen LogP contribution in [0.25, 0.3) is 0 Å². The van der Waals surface area contributed by atoms with E-state index in [-0.39, 0.29) is 30.9 Å². The van der Waals surface area contributed by atoms with Gasteiger partial charge in [-0.05, 0) is 30.9 Å². The lowest BCUT2D eigenvalue weighted by molar-refractivity contribution is -0.384. The Morgan fingerprint density at radius 1 is 0.831 bits per heavy atom. The highest BCUT2D eigenvalue weighted by atomic mass is 32.1. The fraction of sp³-hybridized carbons (Fsp3) is 0.485. The fourth-order valence-corrected chi connectivity index (χ4v) is 5.53. The summed E-state index contributed by atoms with van der Waals surface area (Å²) in [6, 6.07) is -4.74. The third-order valence-corrected chi connectivity index (χ3v) is 8.61. The Hall–Kier alpha value is -6.86. The summed E-state index contributed by atoms with van der Waals surface area (Å²) in [6.07, 6.45) is -2.32. The number of carboxylic acid groups (broad SMARTS) is 2. The summed E-state index contributed by atoms with van der Waals surface area (Å²) in [5.74, 6) is -14.2. The number of imide groups is 1. The van der Waals surface area contributed by atoms with Crippen LogP contribution in [-0.4, -0.2) is 141 Å². The summed E-state index contributed by atoms with van der Waals surface area (Å²) in [5, 5.41) is 43.4. The van der Waals surface area contributed by atoms with E-state index in [9.17, 15) is 68.3 Å². The molecule has 1 fully saturated rings. The normalized spacial score (nSPS) is 21.7. The maximum atomic E-state index is 14.0. The zero-order valence-electron chi connectivity index (χ0n) is 31.7. The van der Waals surface area contributed by atoms with Crippen LogP contribution in [0.1, 0.15) is 49.9 Å². The van der Waals surface area contributed by atoms with Crippen molar-refractivity contribution in [3.8, 4) is 0 Å². The molecule has 1 aromatic carbocycles. The Bertz CT molecular complexity index is 1840. The van der Waals surface area contributed by atoms with E-state index in [1.165, 1.54) is 13.8 Å². The van der Waals surface area contributed by atoms with Crippen LogP contribution in [0.15, 0.2) is 29.3 Å². The minimum Gasteiger partial charge on any atom is -0.481 e. The first kappa shape index (κ1) is 48.3. The van der Waals surface area contributed by atoms with E-state index in [1.807, 2.05) is 0 Å². The molecular formula is C33H45N11O14S. The third kappa shape index (κ3) is 15.5. The van der Waals surface area contributed by atoms with Gasteiger partial charge in [-0.2, -0.15) is 12.6 Å². The number of thiol groups is 1. The Morgan fingerprint density at radius 3 is 1.90 bits per heavy atom. The van der Waals surface area contributed by atoms with Crippen LogP contribution < -0.4 is 43.4 Å². The van der Waals surface area contributed by atoms with Crippen LogP contribution in [0.3, 0.4) is 0 Å². The number of nitrogens with one attached hydrogen (secondary N) is 6. The highest BCUT2D eigenvalue weighted by molar-refractivity contribution is 7.80. The number of benzene rings is 1. The smallest absolute Gasteiger partial charge is 0.305 e. The van der Waals surface area contributed by atoms with Gasteiger partial charge in [-0.3, -0.25) is 68.0 Å². The number of hydrogen-bond donors (Lipinski definition) is 11. The molecule has 0 aliphatic carbocycles. The van der Waals surface area contributed by atoms with Crippen LogP contribution in [0.5, 0.6) is 0 Å². The van der Waals surface area contributed by atoms with Crippen LogP contribution in [0.4, 0.5) is 5.69 Å². The summed E-state index contributed by atoms with van der Waals surface area (Å²) >= 11 is 4.12. The first-order valence-electron chi connectivity index (χ1n) is 17.6. The van der Waals surface area contributed by atoms with Gasteiger partial charge in [0, 0.05) is 30.0 Å². The molecule has 59 heavy (non-hydrogen) atoms. The number of carbonyl (C=O) groups is 10. The summed E-state index contributed by atoms with van der Waals surface area (Å²) in [6.45, 7) is 0.824. The lowest BCUT2D eigenvalue weighted by atomic mass is 10.0. The van der Waals surface area contributed by atoms with Crippen molar-refractivity contribution in [2.24, 2.45) is 22.4 Å². The second-order valence-corrected chi connectivity index (χ2v) is 13.5. The standard InChI is InChI=1S/C33H45N11O14S/c1-15(2)26-30(54)41-21(14-59)32(56)43(31(55)16-5-7-17(8-6-16)44(57)58)13-23(46)38-18(4-3-9-36-33(34)35)27(51)37-12-22(45)39-19(10-24(47)48)28(52)40-20(11-25(49)50)29(53)42-26/h5-8,15,18-21,26,59H,3-4,9-14H2,1-2H3,(H,37,51)(H,38,46)(H,39,45)(H,40,52)(H,41,54)(H,42,53)(H,47,48)(H,49,50)(H4,34,35,36)/t18-,19-,20-,21-,26-/m0/s1. The first-order chi connectivity index (χ1) is 27.6. The number of aliphatic imine (C=N–C) groups is 1. The number of guanidine groups is 1. The SMILES string of the molecule is CC(C)[C@@H]1NC(=O)[C@H](CC(=O)O)NC(=O)[C@H](CC(=O)O)NC(=O)CNC(=O)[C@H](CCCN=C(N)N)NC(=O)CN(C(=O)c2ccc([N+](=O)[O-])cc2)C(=O)[C@H](CS)NC1=O. The molecule has 25 nitrogen and oxygen atoms in total. The lowest BCUT2D eigenvalue weighted by Gasteiger charge is -2.29. The maximum absolute atomic E-state index is 14.0. The van der Waals surface area contributed by atoms with Crippen LogP contribution in [0.2, 0.25) is 0 Å². The number of nitro groups is 1. The highest BCUT2D eigenvalue weighted by Gasteiger charge is 2.37. The predicted molar refractivity (Wildman–Crippen MR) is 205 cm³/mol. The summed E-state index contributed by atoms with van der Waals surface area (Å²) in [4.78, 5) is 146. The van der Waals surface area contributed by atoms with Gasteiger partial charge in [-0.25, -0.2) is 0 Å². The van der Waals surface area contributed by atoms with E-state index in [1.54, 1.807) is 0 Å². The molecule has 1 heterocycles. The van der Waals surface area contributed by atoms with E-state index >= 15 is 0 Å². The zero-order valence-corrected chi connectivity index (χ0v) is 32.6. The number of nitrogens with two attached hydrogens (primary N) is 2. The molecule has 1 aliphatic heterocycles. The Balaban J connectivity index is 2.70. The number of rotatable bonds is 12. The van der Waals surface area contributed by atoms with E-state index in [0.29, 0.717) is 4.90 Å². The van der Waals surface area contributed by atoms with E-state index in [0.717, 1.165) is 24.3 Å². The maximum Gasteiger partial charge on any atom is 0.305 e. The molecule has 0 saturated carbocycles. The van der Waals surface area contributed by atoms with Crippen molar-refractivity contribution < 1.29 is 63.1 Å². The molecule has 12 N–H and O–H groups in total.